The minimum Gasteiger partial charge on any atom is -0.363 e. The lowest BCUT2D eigenvalue weighted by molar-refractivity contribution is -0.384. The fourth-order valence-corrected chi connectivity index (χ4v) is 4.41. The van der Waals surface area contributed by atoms with Gasteiger partial charge in [0.1, 0.15) is 11.4 Å². The van der Waals surface area contributed by atoms with E-state index in [2.05, 4.69) is 20.2 Å². The number of nitrogens with one attached hydrogen (secondary N) is 2. The van der Waals surface area contributed by atoms with Gasteiger partial charge in [-0.2, -0.15) is 0 Å². The molecule has 10 heteroatoms. The number of benzene rings is 1. The summed E-state index contributed by atoms with van der Waals surface area (Å²) in [4.78, 5) is 36.6. The molecule has 1 aromatic carbocycles. The number of aromatic amines is 1. The monoisotopic (exact) mass is 440 g/mol. The summed E-state index contributed by atoms with van der Waals surface area (Å²) in [6.45, 7) is 3.54. The maximum absolute atomic E-state index is 12.6. The summed E-state index contributed by atoms with van der Waals surface area (Å²) in [7, 11) is 2.03. The maximum Gasteiger partial charge on any atom is 0.293 e. The first-order chi connectivity index (χ1) is 15.0. The molecule has 4 rings (SSSR count). The van der Waals surface area contributed by atoms with Gasteiger partial charge in [-0.05, 0) is 30.6 Å². The van der Waals surface area contributed by atoms with Gasteiger partial charge in [-0.25, -0.2) is 4.98 Å². The van der Waals surface area contributed by atoms with Gasteiger partial charge in [0, 0.05) is 56.5 Å². The molecule has 2 aromatic heterocycles. The zero-order chi connectivity index (χ0) is 21.8. The second kappa shape index (κ2) is 9.27. The van der Waals surface area contributed by atoms with Crippen LogP contribution in [-0.4, -0.2) is 65.5 Å². The van der Waals surface area contributed by atoms with Crippen LogP contribution in [0.1, 0.15) is 16.1 Å². The van der Waals surface area contributed by atoms with E-state index in [0.717, 1.165) is 42.4 Å². The lowest BCUT2D eigenvalue weighted by Crippen LogP contribution is -2.44. The van der Waals surface area contributed by atoms with E-state index in [0.29, 0.717) is 18.7 Å². The number of hydrogen-bond acceptors (Lipinski definition) is 7. The highest BCUT2D eigenvalue weighted by Crippen LogP contribution is 2.30. The molecule has 0 atom stereocenters. The molecule has 162 valence electrons. The Morgan fingerprint density at radius 2 is 2.10 bits per heavy atom. The third-order valence-electron chi connectivity index (χ3n) is 5.41. The predicted octanol–water partition coefficient (Wildman–Crippen LogP) is 2.77. The number of piperazine rings is 1. The van der Waals surface area contributed by atoms with E-state index in [1.165, 1.54) is 6.07 Å². The summed E-state index contributed by atoms with van der Waals surface area (Å²) in [6, 6.07) is 8.69. The number of imidazole rings is 1. The van der Waals surface area contributed by atoms with Gasteiger partial charge in [-0.15, -0.1) is 11.3 Å². The van der Waals surface area contributed by atoms with Gasteiger partial charge < -0.3 is 20.1 Å². The van der Waals surface area contributed by atoms with Crippen LogP contribution in [0, 0.1) is 10.1 Å². The van der Waals surface area contributed by atoms with Gasteiger partial charge in [0.05, 0.1) is 16.1 Å². The molecular weight excluding hydrogens is 416 g/mol. The fourth-order valence-electron chi connectivity index (χ4n) is 3.67. The molecular formula is C21H24N6O3S. The van der Waals surface area contributed by atoms with Crippen molar-refractivity contribution >= 4 is 28.6 Å². The van der Waals surface area contributed by atoms with Crippen LogP contribution < -0.4 is 10.2 Å². The lowest BCUT2D eigenvalue weighted by Gasteiger charge is -2.33. The van der Waals surface area contributed by atoms with E-state index in [1.54, 1.807) is 29.8 Å². The van der Waals surface area contributed by atoms with Gasteiger partial charge in [0.25, 0.3) is 11.6 Å². The van der Waals surface area contributed by atoms with Gasteiger partial charge in [0.2, 0.25) is 0 Å². The fraction of sp³-hybridized carbons (Fsp3) is 0.333. The molecule has 1 amide bonds. The molecule has 0 spiro atoms. The first-order valence-corrected chi connectivity index (χ1v) is 11.0. The summed E-state index contributed by atoms with van der Waals surface area (Å²) in [5, 5.41) is 16.5. The Bertz CT molecular complexity index is 1060. The van der Waals surface area contributed by atoms with Crippen molar-refractivity contribution in [2.24, 2.45) is 0 Å². The highest BCUT2D eigenvalue weighted by atomic mass is 32.1. The average Bonchev–Trinajstić information content (AvgIpc) is 3.45. The van der Waals surface area contributed by atoms with Crippen molar-refractivity contribution < 1.29 is 9.72 Å². The standard InChI is InChI=1S/C21H24N6O3S/c1-25-8-10-26(11-9-25)17-5-4-15(13-18(17)27(29)30)21(28)22-7-6-16-20(24-14-23-16)19-3-2-12-31-19/h2-5,12-14H,6-11H2,1H3,(H,22,28)(H,23,24). The number of hydrogen-bond donors (Lipinski definition) is 2. The molecule has 3 aromatic rings. The number of nitro benzene ring substituents is 1. The minimum atomic E-state index is -0.414. The number of carbonyl (C=O) groups is 1. The zero-order valence-electron chi connectivity index (χ0n) is 17.2. The van der Waals surface area contributed by atoms with Gasteiger partial charge in [-0.1, -0.05) is 6.07 Å². The van der Waals surface area contributed by atoms with E-state index >= 15 is 0 Å². The number of likely N-dealkylation sites (N-methyl/N-ethyl adjacent to an activating group) is 1. The number of aromatic nitrogens is 2. The van der Waals surface area contributed by atoms with E-state index in [9.17, 15) is 14.9 Å². The Morgan fingerprint density at radius 3 is 2.81 bits per heavy atom. The molecule has 0 radical (unpaired) electrons. The van der Waals surface area contributed by atoms with E-state index in [-0.39, 0.29) is 17.2 Å². The maximum atomic E-state index is 12.6. The molecule has 3 heterocycles. The Balaban J connectivity index is 1.41. The highest BCUT2D eigenvalue weighted by Gasteiger charge is 2.24. The summed E-state index contributed by atoms with van der Waals surface area (Å²) < 4.78 is 0. The third-order valence-corrected chi connectivity index (χ3v) is 6.29. The second-order valence-electron chi connectivity index (χ2n) is 7.46. The van der Waals surface area contributed by atoms with Crippen LogP contribution in [0.15, 0.2) is 42.0 Å². The second-order valence-corrected chi connectivity index (χ2v) is 8.41. The summed E-state index contributed by atoms with van der Waals surface area (Å²) in [5.41, 5.74) is 2.64. The number of nitro groups is 1. The van der Waals surface area contributed by atoms with Crippen molar-refractivity contribution in [3.8, 4) is 10.6 Å². The number of nitrogens with zero attached hydrogens (tertiary/aromatic N) is 4. The quantitative estimate of drug-likeness (QED) is 0.432. The molecule has 0 bridgehead atoms. The van der Waals surface area contributed by atoms with Gasteiger partial charge in [-0.3, -0.25) is 14.9 Å². The highest BCUT2D eigenvalue weighted by molar-refractivity contribution is 7.13. The van der Waals surface area contributed by atoms with Crippen LogP contribution in [0.4, 0.5) is 11.4 Å². The number of H-pyrrole nitrogens is 1. The Labute approximate surface area is 183 Å². The molecule has 1 aliphatic rings. The van der Waals surface area contributed by atoms with Crippen molar-refractivity contribution in [1.29, 1.82) is 0 Å². The minimum absolute atomic E-state index is 0.0363. The number of rotatable bonds is 7. The van der Waals surface area contributed by atoms with Crippen LogP contribution in [0.3, 0.4) is 0 Å². The van der Waals surface area contributed by atoms with Crippen LogP contribution in [0.2, 0.25) is 0 Å². The molecule has 1 fully saturated rings. The first-order valence-electron chi connectivity index (χ1n) is 10.1. The van der Waals surface area contributed by atoms with Gasteiger partial charge in [0.15, 0.2) is 0 Å². The summed E-state index contributed by atoms with van der Waals surface area (Å²) in [5.74, 6) is -0.329. The molecule has 31 heavy (non-hydrogen) atoms. The predicted molar refractivity (Wildman–Crippen MR) is 121 cm³/mol. The summed E-state index contributed by atoms with van der Waals surface area (Å²) in [6.07, 6.45) is 2.23. The normalized spacial score (nSPS) is 14.5. The third kappa shape index (κ3) is 4.75. The molecule has 0 saturated carbocycles. The van der Waals surface area contributed by atoms with Crippen molar-refractivity contribution in [2.75, 3.05) is 44.7 Å². The van der Waals surface area contributed by atoms with Crippen LogP contribution in [-0.2, 0) is 6.42 Å². The SMILES string of the molecule is CN1CCN(c2ccc(C(=O)NCCc3[nH]cnc3-c3cccs3)cc2[N+](=O)[O-])CC1. The smallest absolute Gasteiger partial charge is 0.293 e. The van der Waals surface area contributed by atoms with E-state index < -0.39 is 4.92 Å². The Morgan fingerprint density at radius 1 is 1.29 bits per heavy atom. The lowest BCUT2D eigenvalue weighted by atomic mass is 10.1. The molecule has 0 unspecified atom stereocenters. The topological polar surface area (TPSA) is 107 Å². The first kappa shape index (κ1) is 21.0. The number of carbonyl (C=O) groups excluding carboxylic acids is 1. The Kier molecular flexibility index (Phi) is 6.28. The molecule has 1 saturated heterocycles. The van der Waals surface area contributed by atoms with Crippen LogP contribution in [0.25, 0.3) is 10.6 Å². The zero-order valence-corrected chi connectivity index (χ0v) is 18.0. The van der Waals surface area contributed by atoms with Crippen molar-refractivity contribution in [1.82, 2.24) is 20.2 Å². The van der Waals surface area contributed by atoms with Crippen molar-refractivity contribution in [3.63, 3.8) is 0 Å². The molecule has 0 aliphatic carbocycles. The number of thiophene rings is 1. The summed E-state index contributed by atoms with van der Waals surface area (Å²) >= 11 is 1.61. The van der Waals surface area contributed by atoms with Crippen LogP contribution >= 0.6 is 11.3 Å². The average molecular weight is 441 g/mol. The molecule has 2 N–H and O–H groups in total. The molecule has 9 nitrogen and oxygen atoms in total. The van der Waals surface area contributed by atoms with Crippen LogP contribution in [0.5, 0.6) is 0 Å². The van der Waals surface area contributed by atoms with Gasteiger partial charge >= 0.3 is 0 Å². The number of anilines is 1. The van der Waals surface area contributed by atoms with Crippen molar-refractivity contribution in [3.05, 3.63) is 63.4 Å². The van der Waals surface area contributed by atoms with E-state index in [1.807, 2.05) is 29.5 Å². The van der Waals surface area contributed by atoms with Crippen molar-refractivity contribution in [2.45, 2.75) is 6.42 Å². The largest absolute Gasteiger partial charge is 0.363 e. The van der Waals surface area contributed by atoms with E-state index in [4.69, 9.17) is 0 Å². The molecule has 1 aliphatic heterocycles. The number of amides is 1. The Hall–Kier alpha value is -3.24.